The average Bonchev–Trinajstić information content (AvgIpc) is 2.04. The lowest BCUT2D eigenvalue weighted by Gasteiger charge is -2.11. The predicted molar refractivity (Wildman–Crippen MR) is 53.2 cm³/mol. The van der Waals surface area contributed by atoms with Crippen LogP contribution < -0.4 is 5.73 Å². The Bertz CT molecular complexity index is 283. The van der Waals surface area contributed by atoms with Gasteiger partial charge in [0.15, 0.2) is 0 Å². The molecule has 0 radical (unpaired) electrons. The molecule has 0 heterocycles. The highest BCUT2D eigenvalue weighted by Gasteiger charge is 2.09. The number of hydrogen-bond acceptors (Lipinski definition) is 1. The van der Waals surface area contributed by atoms with Crippen LogP contribution in [0.4, 0.5) is 4.39 Å². The fourth-order valence-electron chi connectivity index (χ4n) is 1.44. The molecule has 0 saturated heterocycles. The number of aryl methyl sites for hydroxylation is 1. The molecule has 0 aliphatic rings. The Balaban J connectivity index is 2.88. The Kier molecular flexibility index (Phi) is 3.43. The van der Waals surface area contributed by atoms with Gasteiger partial charge in [0, 0.05) is 0 Å². The molecular formula is C11H16FN. The lowest BCUT2D eigenvalue weighted by Crippen LogP contribution is -2.06. The molecule has 0 spiro atoms. The van der Waals surface area contributed by atoms with Gasteiger partial charge in [-0.3, -0.25) is 0 Å². The molecule has 0 aliphatic heterocycles. The topological polar surface area (TPSA) is 26.0 Å². The van der Waals surface area contributed by atoms with Gasteiger partial charge in [-0.15, -0.1) is 0 Å². The van der Waals surface area contributed by atoms with Crippen molar-refractivity contribution in [3.05, 3.63) is 35.1 Å². The normalized spacial score (nSPS) is 12.9. The lowest BCUT2D eigenvalue weighted by molar-refractivity contribution is 0.576. The summed E-state index contributed by atoms with van der Waals surface area (Å²) in [6, 6.07) is 5.36. The van der Waals surface area contributed by atoms with Crippen LogP contribution in [0.25, 0.3) is 0 Å². The highest BCUT2D eigenvalue weighted by atomic mass is 19.1. The maximum atomic E-state index is 13.4. The van der Waals surface area contributed by atoms with Crippen molar-refractivity contribution in [3.63, 3.8) is 0 Å². The van der Waals surface area contributed by atoms with E-state index in [1.807, 2.05) is 26.0 Å². The summed E-state index contributed by atoms with van der Waals surface area (Å²) in [7, 11) is 0. The summed E-state index contributed by atoms with van der Waals surface area (Å²) in [5, 5.41) is 0. The van der Waals surface area contributed by atoms with Crippen molar-refractivity contribution in [2.24, 2.45) is 5.73 Å². The fourth-order valence-corrected chi connectivity index (χ4v) is 1.44. The minimum absolute atomic E-state index is 0.110. The summed E-state index contributed by atoms with van der Waals surface area (Å²) in [5.74, 6) is 0.103. The van der Waals surface area contributed by atoms with Crippen LogP contribution in [0.15, 0.2) is 18.2 Å². The second-order valence-corrected chi connectivity index (χ2v) is 3.50. The van der Waals surface area contributed by atoms with Crippen molar-refractivity contribution in [1.82, 2.24) is 0 Å². The standard InChI is InChI=1S/C11H16FN/c1-8-3-4-10(11(12)7-8)9(2)5-6-13/h3-4,7,9H,5-6,13H2,1-2H3. The Morgan fingerprint density at radius 3 is 2.69 bits per heavy atom. The van der Waals surface area contributed by atoms with Gasteiger partial charge in [-0.2, -0.15) is 0 Å². The third-order valence-corrected chi connectivity index (χ3v) is 2.29. The molecule has 1 nitrogen and oxygen atoms in total. The molecule has 1 unspecified atom stereocenters. The Hall–Kier alpha value is -0.890. The molecule has 1 aromatic rings. The van der Waals surface area contributed by atoms with Gasteiger partial charge in [0.1, 0.15) is 5.82 Å². The summed E-state index contributed by atoms with van der Waals surface area (Å²) in [6.07, 6.45) is 0.833. The molecule has 1 atom stereocenters. The first-order valence-electron chi connectivity index (χ1n) is 4.61. The van der Waals surface area contributed by atoms with Gasteiger partial charge in [0.2, 0.25) is 0 Å². The molecule has 0 amide bonds. The van der Waals surface area contributed by atoms with Crippen LogP contribution >= 0.6 is 0 Å². The Morgan fingerprint density at radius 1 is 1.46 bits per heavy atom. The quantitative estimate of drug-likeness (QED) is 0.762. The molecule has 2 heteroatoms. The molecule has 13 heavy (non-hydrogen) atoms. The zero-order chi connectivity index (χ0) is 9.84. The van der Waals surface area contributed by atoms with E-state index in [0.717, 1.165) is 17.5 Å². The zero-order valence-corrected chi connectivity index (χ0v) is 8.18. The molecular weight excluding hydrogens is 165 g/mol. The maximum Gasteiger partial charge on any atom is 0.126 e. The van der Waals surface area contributed by atoms with Crippen molar-refractivity contribution < 1.29 is 4.39 Å². The monoisotopic (exact) mass is 181 g/mol. The van der Waals surface area contributed by atoms with E-state index in [2.05, 4.69) is 0 Å². The van der Waals surface area contributed by atoms with Crippen LogP contribution in [0.3, 0.4) is 0 Å². The van der Waals surface area contributed by atoms with Crippen molar-refractivity contribution >= 4 is 0 Å². The molecule has 2 N–H and O–H groups in total. The smallest absolute Gasteiger partial charge is 0.126 e. The second kappa shape index (κ2) is 4.38. The van der Waals surface area contributed by atoms with Gasteiger partial charge in [-0.25, -0.2) is 4.39 Å². The molecule has 1 rings (SSSR count). The number of benzene rings is 1. The van der Waals surface area contributed by atoms with E-state index in [1.165, 1.54) is 0 Å². The van der Waals surface area contributed by atoms with Gasteiger partial charge in [0.05, 0.1) is 0 Å². The van der Waals surface area contributed by atoms with Crippen LogP contribution in [0.2, 0.25) is 0 Å². The SMILES string of the molecule is Cc1ccc(C(C)CCN)c(F)c1. The Morgan fingerprint density at radius 2 is 2.15 bits per heavy atom. The zero-order valence-electron chi connectivity index (χ0n) is 8.18. The largest absolute Gasteiger partial charge is 0.330 e. The summed E-state index contributed by atoms with van der Waals surface area (Å²) < 4.78 is 13.4. The average molecular weight is 181 g/mol. The molecule has 0 aliphatic carbocycles. The fraction of sp³-hybridized carbons (Fsp3) is 0.455. The van der Waals surface area contributed by atoms with Crippen molar-refractivity contribution in [3.8, 4) is 0 Å². The van der Waals surface area contributed by atoms with E-state index in [1.54, 1.807) is 6.07 Å². The van der Waals surface area contributed by atoms with E-state index in [0.29, 0.717) is 6.54 Å². The van der Waals surface area contributed by atoms with Crippen LogP contribution in [-0.4, -0.2) is 6.54 Å². The Labute approximate surface area is 78.8 Å². The van der Waals surface area contributed by atoms with Crippen molar-refractivity contribution in [2.45, 2.75) is 26.2 Å². The summed E-state index contributed by atoms with van der Waals surface area (Å²) in [5.41, 5.74) is 7.16. The third kappa shape index (κ3) is 2.52. The van der Waals surface area contributed by atoms with Gasteiger partial charge in [0.25, 0.3) is 0 Å². The van der Waals surface area contributed by atoms with E-state index >= 15 is 0 Å². The first kappa shape index (κ1) is 10.2. The molecule has 0 aromatic heterocycles. The van der Waals surface area contributed by atoms with Crippen LogP contribution in [0.1, 0.15) is 30.4 Å². The van der Waals surface area contributed by atoms with Crippen LogP contribution in [0, 0.1) is 12.7 Å². The van der Waals surface area contributed by atoms with E-state index < -0.39 is 0 Å². The first-order valence-corrected chi connectivity index (χ1v) is 4.61. The van der Waals surface area contributed by atoms with Gasteiger partial charge < -0.3 is 5.73 Å². The number of rotatable bonds is 3. The summed E-state index contributed by atoms with van der Waals surface area (Å²) in [4.78, 5) is 0. The highest BCUT2D eigenvalue weighted by Crippen LogP contribution is 2.22. The van der Waals surface area contributed by atoms with Crippen molar-refractivity contribution in [1.29, 1.82) is 0 Å². The summed E-state index contributed by atoms with van der Waals surface area (Å²) in [6.45, 7) is 4.50. The molecule has 0 bridgehead atoms. The first-order chi connectivity index (χ1) is 6.15. The van der Waals surface area contributed by atoms with E-state index in [9.17, 15) is 4.39 Å². The maximum absolute atomic E-state index is 13.4. The van der Waals surface area contributed by atoms with Gasteiger partial charge >= 0.3 is 0 Å². The molecule has 72 valence electrons. The highest BCUT2D eigenvalue weighted by molar-refractivity contribution is 5.26. The number of halogens is 1. The van der Waals surface area contributed by atoms with Crippen LogP contribution in [-0.2, 0) is 0 Å². The van der Waals surface area contributed by atoms with Gasteiger partial charge in [-0.05, 0) is 43.0 Å². The van der Waals surface area contributed by atoms with E-state index in [4.69, 9.17) is 5.73 Å². The van der Waals surface area contributed by atoms with Crippen LogP contribution in [0.5, 0.6) is 0 Å². The summed E-state index contributed by atoms with van der Waals surface area (Å²) >= 11 is 0. The number of nitrogens with two attached hydrogens (primary N) is 1. The number of hydrogen-bond donors (Lipinski definition) is 1. The van der Waals surface area contributed by atoms with Gasteiger partial charge in [-0.1, -0.05) is 19.1 Å². The van der Waals surface area contributed by atoms with E-state index in [-0.39, 0.29) is 11.7 Å². The lowest BCUT2D eigenvalue weighted by atomic mass is 9.96. The predicted octanol–water partition coefficient (Wildman–Crippen LogP) is 2.59. The molecule has 0 saturated carbocycles. The molecule has 0 fully saturated rings. The molecule has 1 aromatic carbocycles. The minimum Gasteiger partial charge on any atom is -0.330 e. The second-order valence-electron chi connectivity index (χ2n) is 3.50. The third-order valence-electron chi connectivity index (χ3n) is 2.29. The van der Waals surface area contributed by atoms with Crippen molar-refractivity contribution in [2.75, 3.05) is 6.54 Å². The minimum atomic E-state index is -0.110.